The molecule has 0 bridgehead atoms. The van der Waals surface area contributed by atoms with Gasteiger partial charge in [0, 0.05) is 0 Å². The van der Waals surface area contributed by atoms with Crippen molar-refractivity contribution in [3.63, 3.8) is 0 Å². The third kappa shape index (κ3) is 3.18. The van der Waals surface area contributed by atoms with Crippen molar-refractivity contribution in [1.82, 2.24) is 10.2 Å². The Balaban J connectivity index is 2.49. The molecule has 1 rings (SSSR count). The molecule has 0 saturated carbocycles. The van der Waals surface area contributed by atoms with Crippen molar-refractivity contribution in [1.29, 1.82) is 0 Å². The first-order valence-corrected chi connectivity index (χ1v) is 4.06. The predicted molar refractivity (Wildman–Crippen MR) is 41.8 cm³/mol. The number of hydrogen-bond acceptors (Lipinski definition) is 4. The lowest BCUT2D eigenvalue weighted by molar-refractivity contribution is -0.115. The first-order valence-electron chi connectivity index (χ1n) is 2.83. The Morgan fingerprint density at radius 2 is 2.25 bits per heavy atom. The Labute approximate surface area is 74.6 Å². The standard InChI is InChI=1S/C4H4F3N3S2/c5-4(6,7)1-8-2-9-10-3(11)12-2/h1H2,(H,8,9)(H,10,11). The average Bonchev–Trinajstić information content (AvgIpc) is 2.30. The van der Waals surface area contributed by atoms with Crippen molar-refractivity contribution in [2.24, 2.45) is 0 Å². The molecule has 0 fully saturated rings. The van der Waals surface area contributed by atoms with Crippen LogP contribution in [0.4, 0.5) is 18.3 Å². The summed E-state index contributed by atoms with van der Waals surface area (Å²) in [6, 6.07) is 0. The fourth-order valence-electron chi connectivity index (χ4n) is 0.481. The van der Waals surface area contributed by atoms with Gasteiger partial charge in [0.15, 0.2) is 3.95 Å². The van der Waals surface area contributed by atoms with Crippen molar-refractivity contribution in [2.75, 3.05) is 11.9 Å². The molecular formula is C4H4F3N3S2. The number of alkyl halides is 3. The molecule has 8 heteroatoms. The predicted octanol–water partition coefficient (Wildman–Crippen LogP) is 2.17. The van der Waals surface area contributed by atoms with Crippen LogP contribution >= 0.6 is 23.6 Å². The summed E-state index contributed by atoms with van der Waals surface area (Å²) in [6.07, 6.45) is -4.23. The van der Waals surface area contributed by atoms with Crippen LogP contribution in [-0.2, 0) is 0 Å². The van der Waals surface area contributed by atoms with Crippen LogP contribution in [0, 0.1) is 3.95 Å². The lowest BCUT2D eigenvalue weighted by Crippen LogP contribution is -2.21. The van der Waals surface area contributed by atoms with Crippen molar-refractivity contribution < 1.29 is 13.2 Å². The molecule has 0 aliphatic carbocycles. The summed E-state index contributed by atoms with van der Waals surface area (Å²) in [6.45, 7) is -1.09. The van der Waals surface area contributed by atoms with Crippen LogP contribution in [0.5, 0.6) is 0 Å². The molecule has 1 aromatic heterocycles. The highest BCUT2D eigenvalue weighted by Gasteiger charge is 2.26. The van der Waals surface area contributed by atoms with Crippen molar-refractivity contribution in [2.45, 2.75) is 6.18 Å². The second kappa shape index (κ2) is 3.40. The van der Waals surface area contributed by atoms with Gasteiger partial charge in [-0.25, -0.2) is 0 Å². The van der Waals surface area contributed by atoms with Crippen molar-refractivity contribution >= 4 is 28.7 Å². The average molecular weight is 215 g/mol. The Bertz CT molecular complexity index is 301. The minimum atomic E-state index is -4.23. The minimum absolute atomic E-state index is 0.150. The van der Waals surface area contributed by atoms with E-state index < -0.39 is 12.7 Å². The number of H-pyrrole nitrogens is 1. The van der Waals surface area contributed by atoms with Gasteiger partial charge in [-0.1, -0.05) is 11.3 Å². The molecular weight excluding hydrogens is 211 g/mol. The van der Waals surface area contributed by atoms with E-state index in [9.17, 15) is 13.2 Å². The number of anilines is 1. The van der Waals surface area contributed by atoms with Gasteiger partial charge in [-0.05, 0) is 12.2 Å². The minimum Gasteiger partial charge on any atom is -0.351 e. The summed E-state index contributed by atoms with van der Waals surface area (Å²) >= 11 is 5.59. The molecule has 0 saturated heterocycles. The van der Waals surface area contributed by atoms with E-state index in [0.717, 1.165) is 11.3 Å². The molecule has 0 atom stereocenters. The number of aromatic nitrogens is 2. The van der Waals surface area contributed by atoms with Crippen LogP contribution in [0.2, 0.25) is 0 Å². The molecule has 68 valence electrons. The van der Waals surface area contributed by atoms with Crippen molar-refractivity contribution in [3.8, 4) is 0 Å². The molecule has 0 aliphatic rings. The van der Waals surface area contributed by atoms with E-state index in [0.29, 0.717) is 3.95 Å². The van der Waals surface area contributed by atoms with Crippen LogP contribution in [0.1, 0.15) is 0 Å². The monoisotopic (exact) mass is 215 g/mol. The lowest BCUT2D eigenvalue weighted by atomic mass is 10.6. The number of nitrogens with one attached hydrogen (secondary N) is 2. The van der Waals surface area contributed by atoms with Crippen LogP contribution in [0.15, 0.2) is 0 Å². The van der Waals surface area contributed by atoms with Gasteiger partial charge >= 0.3 is 6.18 Å². The number of nitrogens with zero attached hydrogens (tertiary/aromatic N) is 1. The highest BCUT2D eigenvalue weighted by Crippen LogP contribution is 2.17. The maximum atomic E-state index is 11.6. The topological polar surface area (TPSA) is 40.7 Å². The fourth-order valence-corrected chi connectivity index (χ4v) is 1.27. The summed E-state index contributed by atoms with van der Waals surface area (Å²) in [5.74, 6) is 0. The third-order valence-corrected chi connectivity index (χ3v) is 1.93. The lowest BCUT2D eigenvalue weighted by Gasteiger charge is -2.05. The maximum absolute atomic E-state index is 11.6. The number of halogens is 3. The Morgan fingerprint density at radius 3 is 2.67 bits per heavy atom. The molecule has 12 heavy (non-hydrogen) atoms. The molecule has 0 radical (unpaired) electrons. The Hall–Kier alpha value is -0.630. The first-order chi connectivity index (χ1) is 5.47. The molecule has 0 aromatic carbocycles. The van der Waals surface area contributed by atoms with Crippen LogP contribution in [-0.4, -0.2) is 22.9 Å². The normalized spacial score (nSPS) is 11.6. The molecule has 0 spiro atoms. The zero-order valence-corrected chi connectivity index (χ0v) is 7.24. The van der Waals surface area contributed by atoms with E-state index in [1.54, 1.807) is 0 Å². The second-order valence-corrected chi connectivity index (χ2v) is 3.55. The molecule has 2 N–H and O–H groups in total. The molecule has 1 heterocycles. The van der Waals surface area contributed by atoms with E-state index in [2.05, 4.69) is 27.7 Å². The Kier molecular flexibility index (Phi) is 2.68. The zero-order valence-electron chi connectivity index (χ0n) is 5.60. The summed E-state index contributed by atoms with van der Waals surface area (Å²) in [5.41, 5.74) is 0. The summed E-state index contributed by atoms with van der Waals surface area (Å²) in [7, 11) is 0. The van der Waals surface area contributed by atoms with Gasteiger partial charge in [0.2, 0.25) is 5.13 Å². The van der Waals surface area contributed by atoms with Gasteiger partial charge in [0.25, 0.3) is 0 Å². The van der Waals surface area contributed by atoms with Gasteiger partial charge in [-0.15, -0.1) is 5.10 Å². The van der Waals surface area contributed by atoms with Gasteiger partial charge in [0.1, 0.15) is 6.54 Å². The van der Waals surface area contributed by atoms with E-state index in [-0.39, 0.29) is 5.13 Å². The summed E-state index contributed by atoms with van der Waals surface area (Å²) < 4.78 is 35.2. The SMILES string of the molecule is FC(F)(F)CNc1n[nH]c(=S)s1. The number of rotatable bonds is 2. The van der Waals surface area contributed by atoms with Crippen molar-refractivity contribution in [3.05, 3.63) is 3.95 Å². The third-order valence-electron chi connectivity index (χ3n) is 0.878. The molecule has 0 aliphatic heterocycles. The van der Waals surface area contributed by atoms with E-state index in [1.165, 1.54) is 0 Å². The van der Waals surface area contributed by atoms with Gasteiger partial charge in [-0.3, -0.25) is 5.10 Å². The van der Waals surface area contributed by atoms with Crippen LogP contribution < -0.4 is 5.32 Å². The van der Waals surface area contributed by atoms with Crippen LogP contribution in [0.25, 0.3) is 0 Å². The summed E-state index contributed by atoms with van der Waals surface area (Å²) in [5, 5.41) is 8.10. The molecule has 0 unspecified atom stereocenters. The fraction of sp³-hybridized carbons (Fsp3) is 0.500. The van der Waals surface area contributed by atoms with E-state index in [4.69, 9.17) is 0 Å². The van der Waals surface area contributed by atoms with Crippen LogP contribution in [0.3, 0.4) is 0 Å². The van der Waals surface area contributed by atoms with E-state index >= 15 is 0 Å². The second-order valence-electron chi connectivity index (χ2n) is 1.89. The quantitative estimate of drug-likeness (QED) is 0.743. The van der Waals surface area contributed by atoms with Gasteiger partial charge in [-0.2, -0.15) is 13.2 Å². The van der Waals surface area contributed by atoms with Gasteiger partial charge in [0.05, 0.1) is 0 Å². The number of aromatic amines is 1. The highest BCUT2D eigenvalue weighted by molar-refractivity contribution is 7.73. The molecule has 0 amide bonds. The smallest absolute Gasteiger partial charge is 0.351 e. The zero-order chi connectivity index (χ0) is 9.19. The summed E-state index contributed by atoms with van der Waals surface area (Å²) in [4.78, 5) is 0. The largest absolute Gasteiger partial charge is 0.405 e. The number of hydrogen-bond donors (Lipinski definition) is 2. The molecule has 1 aromatic rings. The maximum Gasteiger partial charge on any atom is 0.405 e. The first kappa shape index (κ1) is 9.46. The Morgan fingerprint density at radius 1 is 1.58 bits per heavy atom. The molecule has 3 nitrogen and oxygen atoms in total. The van der Waals surface area contributed by atoms with E-state index in [1.807, 2.05) is 0 Å². The highest BCUT2D eigenvalue weighted by atomic mass is 32.1. The van der Waals surface area contributed by atoms with Gasteiger partial charge < -0.3 is 5.32 Å².